The number of benzene rings is 1. The van der Waals surface area contributed by atoms with Crippen LogP contribution in [-0.2, 0) is 0 Å². The molecular weight excluding hydrogens is 298 g/mol. The van der Waals surface area contributed by atoms with E-state index >= 15 is 0 Å². The number of anilines is 1. The molecule has 2 aromatic rings. The number of nitrogens with two attached hydrogens (primary N) is 1. The molecule has 6 heteroatoms. The normalized spacial score (nSPS) is 10.1. The van der Waals surface area contributed by atoms with Gasteiger partial charge < -0.3 is 15.2 Å². The Morgan fingerprint density at radius 2 is 1.83 bits per heavy atom. The Bertz CT molecular complexity index is 531. The summed E-state index contributed by atoms with van der Waals surface area (Å²) in [6, 6.07) is 7.37. The summed E-state index contributed by atoms with van der Waals surface area (Å²) >= 11 is 3.35. The lowest BCUT2D eigenvalue weighted by molar-refractivity contribution is 0.325. The number of ether oxygens (including phenoxy) is 2. The van der Waals surface area contributed by atoms with Crippen molar-refractivity contribution in [2.24, 2.45) is 0 Å². The van der Waals surface area contributed by atoms with Crippen LogP contribution in [0.4, 0.5) is 5.69 Å². The van der Waals surface area contributed by atoms with Crippen molar-refractivity contribution in [2.45, 2.75) is 6.92 Å². The SMILES string of the molecule is CCOc1ncnc(Oc2ccc(Br)cc2)c1N. The monoisotopic (exact) mass is 309 g/mol. The highest BCUT2D eigenvalue weighted by Gasteiger charge is 2.10. The van der Waals surface area contributed by atoms with Crippen LogP contribution in [0.25, 0.3) is 0 Å². The second kappa shape index (κ2) is 5.68. The van der Waals surface area contributed by atoms with Crippen molar-refractivity contribution in [3.05, 3.63) is 35.1 Å². The molecule has 0 saturated carbocycles. The van der Waals surface area contributed by atoms with Crippen LogP contribution in [0.2, 0.25) is 0 Å². The summed E-state index contributed by atoms with van der Waals surface area (Å²) in [5.41, 5.74) is 6.16. The van der Waals surface area contributed by atoms with Gasteiger partial charge in [-0.2, -0.15) is 9.97 Å². The molecule has 0 saturated heterocycles. The average Bonchev–Trinajstić information content (AvgIpc) is 2.37. The van der Waals surface area contributed by atoms with E-state index in [4.69, 9.17) is 15.2 Å². The third kappa shape index (κ3) is 2.89. The molecule has 5 nitrogen and oxygen atoms in total. The van der Waals surface area contributed by atoms with Crippen molar-refractivity contribution in [1.29, 1.82) is 0 Å². The van der Waals surface area contributed by atoms with E-state index in [1.807, 2.05) is 31.2 Å². The van der Waals surface area contributed by atoms with Crippen molar-refractivity contribution in [3.63, 3.8) is 0 Å². The Morgan fingerprint density at radius 1 is 1.17 bits per heavy atom. The fraction of sp³-hybridized carbons (Fsp3) is 0.167. The largest absolute Gasteiger partial charge is 0.476 e. The van der Waals surface area contributed by atoms with Gasteiger partial charge >= 0.3 is 0 Å². The van der Waals surface area contributed by atoms with Crippen LogP contribution in [-0.4, -0.2) is 16.6 Å². The molecule has 0 amide bonds. The molecule has 0 atom stereocenters. The van der Waals surface area contributed by atoms with Gasteiger partial charge in [-0.1, -0.05) is 15.9 Å². The van der Waals surface area contributed by atoms with Crippen LogP contribution in [0, 0.1) is 0 Å². The Morgan fingerprint density at radius 3 is 2.50 bits per heavy atom. The molecule has 0 radical (unpaired) electrons. The lowest BCUT2D eigenvalue weighted by Crippen LogP contribution is -2.02. The molecule has 0 aliphatic carbocycles. The van der Waals surface area contributed by atoms with Gasteiger partial charge in [-0.25, -0.2) is 0 Å². The van der Waals surface area contributed by atoms with Crippen molar-refractivity contribution < 1.29 is 9.47 Å². The molecule has 0 spiro atoms. The maximum Gasteiger partial charge on any atom is 0.249 e. The molecule has 1 aromatic carbocycles. The van der Waals surface area contributed by atoms with Crippen LogP contribution < -0.4 is 15.2 Å². The maximum atomic E-state index is 5.86. The maximum absolute atomic E-state index is 5.86. The van der Waals surface area contributed by atoms with E-state index in [1.165, 1.54) is 6.33 Å². The first-order chi connectivity index (χ1) is 8.70. The average molecular weight is 310 g/mol. The third-order valence-corrected chi connectivity index (χ3v) is 2.65. The number of rotatable bonds is 4. The molecule has 94 valence electrons. The zero-order chi connectivity index (χ0) is 13.0. The van der Waals surface area contributed by atoms with Gasteiger partial charge in [-0.05, 0) is 31.2 Å². The smallest absolute Gasteiger partial charge is 0.249 e. The van der Waals surface area contributed by atoms with Gasteiger partial charge in [-0.15, -0.1) is 0 Å². The Balaban J connectivity index is 2.23. The first-order valence-corrected chi connectivity index (χ1v) is 6.16. The molecule has 2 rings (SSSR count). The van der Waals surface area contributed by atoms with Gasteiger partial charge in [0.2, 0.25) is 11.8 Å². The van der Waals surface area contributed by atoms with Crippen LogP contribution in [0.1, 0.15) is 6.92 Å². The Hall–Kier alpha value is -1.82. The van der Waals surface area contributed by atoms with Gasteiger partial charge in [0.25, 0.3) is 0 Å². The highest BCUT2D eigenvalue weighted by molar-refractivity contribution is 9.10. The molecule has 0 unspecified atom stereocenters. The summed E-state index contributed by atoms with van der Waals surface area (Å²) in [4.78, 5) is 7.93. The minimum absolute atomic E-state index is 0.288. The molecule has 1 aromatic heterocycles. The zero-order valence-electron chi connectivity index (χ0n) is 9.76. The Labute approximate surface area is 113 Å². The third-order valence-electron chi connectivity index (χ3n) is 2.12. The van der Waals surface area contributed by atoms with Crippen molar-refractivity contribution in [3.8, 4) is 17.5 Å². The lowest BCUT2D eigenvalue weighted by atomic mass is 10.3. The van der Waals surface area contributed by atoms with Gasteiger partial charge in [0.1, 0.15) is 12.1 Å². The highest BCUT2D eigenvalue weighted by Crippen LogP contribution is 2.30. The fourth-order valence-electron chi connectivity index (χ4n) is 1.31. The molecule has 0 aliphatic rings. The van der Waals surface area contributed by atoms with Crippen LogP contribution in [0.3, 0.4) is 0 Å². The minimum Gasteiger partial charge on any atom is -0.476 e. The van der Waals surface area contributed by atoms with Gasteiger partial charge in [-0.3, -0.25) is 0 Å². The van der Waals surface area contributed by atoms with E-state index < -0.39 is 0 Å². The summed E-state index contributed by atoms with van der Waals surface area (Å²) in [5.74, 6) is 1.27. The van der Waals surface area contributed by atoms with Crippen molar-refractivity contribution in [1.82, 2.24) is 9.97 Å². The quantitative estimate of drug-likeness (QED) is 0.940. The Kier molecular flexibility index (Phi) is 3.99. The summed E-state index contributed by atoms with van der Waals surface area (Å²) in [6.07, 6.45) is 1.36. The molecule has 1 heterocycles. The number of hydrogen-bond acceptors (Lipinski definition) is 5. The fourth-order valence-corrected chi connectivity index (χ4v) is 1.58. The number of nitrogens with zero attached hydrogens (tertiary/aromatic N) is 2. The topological polar surface area (TPSA) is 70.3 Å². The van der Waals surface area contributed by atoms with Gasteiger partial charge in [0.15, 0.2) is 5.69 Å². The van der Waals surface area contributed by atoms with Crippen LogP contribution in [0.5, 0.6) is 17.5 Å². The van der Waals surface area contributed by atoms with E-state index in [2.05, 4.69) is 25.9 Å². The molecule has 2 N–H and O–H groups in total. The summed E-state index contributed by atoms with van der Waals surface area (Å²) in [6.45, 7) is 2.34. The number of halogens is 1. The van der Waals surface area contributed by atoms with Crippen LogP contribution >= 0.6 is 15.9 Å². The van der Waals surface area contributed by atoms with E-state index in [0.29, 0.717) is 23.9 Å². The number of nitrogen functional groups attached to an aromatic ring is 1. The first-order valence-electron chi connectivity index (χ1n) is 5.37. The number of hydrogen-bond donors (Lipinski definition) is 1. The van der Waals surface area contributed by atoms with Crippen molar-refractivity contribution in [2.75, 3.05) is 12.3 Å². The second-order valence-electron chi connectivity index (χ2n) is 3.39. The molecule has 0 bridgehead atoms. The summed E-state index contributed by atoms with van der Waals surface area (Å²) in [7, 11) is 0. The van der Waals surface area contributed by atoms with E-state index in [9.17, 15) is 0 Å². The van der Waals surface area contributed by atoms with Gasteiger partial charge in [0.05, 0.1) is 6.61 Å². The molecule has 18 heavy (non-hydrogen) atoms. The predicted octanol–water partition coefficient (Wildman–Crippen LogP) is 3.01. The zero-order valence-corrected chi connectivity index (χ0v) is 11.3. The van der Waals surface area contributed by atoms with E-state index in [1.54, 1.807) is 0 Å². The first kappa shape index (κ1) is 12.6. The summed E-state index contributed by atoms with van der Waals surface area (Å²) < 4.78 is 11.8. The van der Waals surface area contributed by atoms with E-state index in [-0.39, 0.29) is 5.88 Å². The lowest BCUT2D eigenvalue weighted by Gasteiger charge is -2.10. The standard InChI is InChI=1S/C12H12BrN3O2/c1-2-17-11-10(14)12(16-7-15-11)18-9-5-3-8(13)4-6-9/h3-7H,2,14H2,1H3. The van der Waals surface area contributed by atoms with Crippen molar-refractivity contribution >= 4 is 21.6 Å². The number of aromatic nitrogens is 2. The predicted molar refractivity (Wildman–Crippen MR) is 71.8 cm³/mol. The van der Waals surface area contributed by atoms with Gasteiger partial charge in [0, 0.05) is 4.47 Å². The molecular formula is C12H12BrN3O2. The summed E-state index contributed by atoms with van der Waals surface area (Å²) in [5, 5.41) is 0. The second-order valence-corrected chi connectivity index (χ2v) is 4.30. The highest BCUT2D eigenvalue weighted by atomic mass is 79.9. The molecule has 0 aliphatic heterocycles. The molecule has 0 fully saturated rings. The van der Waals surface area contributed by atoms with Crippen LogP contribution in [0.15, 0.2) is 35.1 Å². The van der Waals surface area contributed by atoms with E-state index in [0.717, 1.165) is 4.47 Å². The minimum atomic E-state index is 0.288.